The number of sulfonamides is 1. The van der Waals surface area contributed by atoms with Crippen molar-refractivity contribution in [1.82, 2.24) is 4.72 Å². The third kappa shape index (κ3) is 2.82. The Labute approximate surface area is 143 Å². The number of nitrogens with one attached hydrogen (secondary N) is 1. The largest absolute Gasteiger partial charge is 0.496 e. The molecule has 1 N–H and O–H groups in total. The SMILES string of the molecule is COc1cc(C)c(S(=O)(=O)NC2CCc3ccccc32)c(C)c1C. The van der Waals surface area contributed by atoms with E-state index in [1.165, 1.54) is 5.56 Å². The molecule has 0 aliphatic heterocycles. The second-order valence-electron chi connectivity index (χ2n) is 6.39. The lowest BCUT2D eigenvalue weighted by molar-refractivity contribution is 0.410. The predicted molar refractivity (Wildman–Crippen MR) is 95.0 cm³/mol. The third-order valence-electron chi connectivity index (χ3n) is 4.90. The van der Waals surface area contributed by atoms with Crippen molar-refractivity contribution in [1.29, 1.82) is 0 Å². The van der Waals surface area contributed by atoms with Crippen molar-refractivity contribution in [2.75, 3.05) is 7.11 Å². The molecule has 1 aliphatic carbocycles. The van der Waals surface area contributed by atoms with Crippen LogP contribution in [-0.4, -0.2) is 15.5 Å². The van der Waals surface area contributed by atoms with Gasteiger partial charge < -0.3 is 4.74 Å². The fourth-order valence-corrected chi connectivity index (χ4v) is 5.35. The Hall–Kier alpha value is -1.85. The molecule has 0 aromatic heterocycles. The van der Waals surface area contributed by atoms with Crippen molar-refractivity contribution in [3.63, 3.8) is 0 Å². The van der Waals surface area contributed by atoms with E-state index in [1.54, 1.807) is 13.2 Å². The molecule has 2 aromatic carbocycles. The average Bonchev–Trinajstić information content (AvgIpc) is 2.93. The van der Waals surface area contributed by atoms with Crippen LogP contribution in [0.1, 0.15) is 40.3 Å². The topological polar surface area (TPSA) is 55.4 Å². The first kappa shape index (κ1) is 17.0. The quantitative estimate of drug-likeness (QED) is 0.921. The highest BCUT2D eigenvalue weighted by Gasteiger charge is 2.29. The summed E-state index contributed by atoms with van der Waals surface area (Å²) in [6, 6.07) is 9.66. The van der Waals surface area contributed by atoms with Gasteiger partial charge in [-0.3, -0.25) is 0 Å². The molecule has 2 aromatic rings. The number of aryl methyl sites for hydroxylation is 2. The number of benzene rings is 2. The van der Waals surface area contributed by atoms with Gasteiger partial charge in [0.1, 0.15) is 5.75 Å². The lowest BCUT2D eigenvalue weighted by Gasteiger charge is -2.19. The van der Waals surface area contributed by atoms with Gasteiger partial charge in [0.25, 0.3) is 0 Å². The van der Waals surface area contributed by atoms with Crippen molar-refractivity contribution in [3.8, 4) is 5.75 Å². The fourth-order valence-electron chi connectivity index (χ4n) is 3.57. The molecular weight excluding hydrogens is 322 g/mol. The van der Waals surface area contributed by atoms with Crippen LogP contribution in [0.15, 0.2) is 35.2 Å². The van der Waals surface area contributed by atoms with Gasteiger partial charge in [0.2, 0.25) is 10.0 Å². The minimum Gasteiger partial charge on any atom is -0.496 e. The van der Waals surface area contributed by atoms with Gasteiger partial charge in [0.05, 0.1) is 12.0 Å². The van der Waals surface area contributed by atoms with Crippen LogP contribution in [0.3, 0.4) is 0 Å². The molecule has 0 spiro atoms. The summed E-state index contributed by atoms with van der Waals surface area (Å²) in [7, 11) is -2.00. The summed E-state index contributed by atoms with van der Waals surface area (Å²) in [4.78, 5) is 0.366. The molecule has 5 heteroatoms. The van der Waals surface area contributed by atoms with E-state index >= 15 is 0 Å². The van der Waals surface area contributed by atoms with Gasteiger partial charge >= 0.3 is 0 Å². The Morgan fingerprint density at radius 1 is 1.12 bits per heavy atom. The molecule has 3 rings (SSSR count). The standard InChI is InChI=1S/C19H23NO3S/c1-12-11-18(23-4)13(2)14(3)19(12)24(21,22)20-17-10-9-15-7-5-6-8-16(15)17/h5-8,11,17,20H,9-10H2,1-4H3. The van der Waals surface area contributed by atoms with Crippen molar-refractivity contribution in [3.05, 3.63) is 58.1 Å². The Bertz CT molecular complexity index is 888. The molecule has 0 saturated heterocycles. The normalized spacial score (nSPS) is 16.9. The molecule has 1 atom stereocenters. The van der Waals surface area contributed by atoms with Crippen LogP contribution >= 0.6 is 0 Å². The van der Waals surface area contributed by atoms with E-state index < -0.39 is 10.0 Å². The molecule has 1 aliphatic rings. The minimum atomic E-state index is -3.60. The fraction of sp³-hybridized carbons (Fsp3) is 0.368. The van der Waals surface area contributed by atoms with Crippen LogP contribution < -0.4 is 9.46 Å². The highest BCUT2D eigenvalue weighted by Crippen LogP contribution is 2.35. The molecule has 0 radical (unpaired) electrons. The molecule has 0 bridgehead atoms. The van der Waals surface area contributed by atoms with Crippen LogP contribution in [0.4, 0.5) is 0 Å². The Morgan fingerprint density at radius 2 is 1.83 bits per heavy atom. The number of methoxy groups -OCH3 is 1. The molecule has 1 unspecified atom stereocenters. The molecule has 0 heterocycles. The van der Waals surface area contributed by atoms with Gasteiger partial charge in [-0.2, -0.15) is 0 Å². The highest BCUT2D eigenvalue weighted by molar-refractivity contribution is 7.89. The van der Waals surface area contributed by atoms with E-state index in [-0.39, 0.29) is 6.04 Å². The van der Waals surface area contributed by atoms with Gasteiger partial charge in [-0.15, -0.1) is 0 Å². The molecule has 0 saturated carbocycles. The number of hydrogen-bond acceptors (Lipinski definition) is 3. The first-order valence-electron chi connectivity index (χ1n) is 8.10. The van der Waals surface area contributed by atoms with Crippen molar-refractivity contribution in [2.24, 2.45) is 0 Å². The molecule has 128 valence electrons. The first-order chi connectivity index (χ1) is 11.3. The summed E-state index contributed by atoms with van der Waals surface area (Å²) < 4.78 is 34.3. The van der Waals surface area contributed by atoms with Gasteiger partial charge in [0.15, 0.2) is 0 Å². The van der Waals surface area contributed by atoms with Gasteiger partial charge in [-0.25, -0.2) is 13.1 Å². The zero-order valence-corrected chi connectivity index (χ0v) is 15.3. The molecule has 0 fully saturated rings. The average molecular weight is 345 g/mol. The van der Waals surface area contributed by atoms with E-state index in [9.17, 15) is 8.42 Å². The number of rotatable bonds is 4. The lowest BCUT2D eigenvalue weighted by atomic mass is 10.1. The second kappa shape index (κ2) is 6.22. The summed E-state index contributed by atoms with van der Waals surface area (Å²) in [5, 5.41) is 0. The van der Waals surface area contributed by atoms with Crippen LogP contribution in [0.2, 0.25) is 0 Å². The van der Waals surface area contributed by atoms with Crippen molar-refractivity contribution in [2.45, 2.75) is 44.6 Å². The Kier molecular flexibility index (Phi) is 4.40. The summed E-state index contributed by atoms with van der Waals surface area (Å²) in [6.07, 6.45) is 1.70. The van der Waals surface area contributed by atoms with Crippen LogP contribution in [-0.2, 0) is 16.4 Å². The van der Waals surface area contributed by atoms with E-state index in [1.807, 2.05) is 39.0 Å². The van der Waals surface area contributed by atoms with Crippen LogP contribution in [0, 0.1) is 20.8 Å². The molecule has 4 nitrogen and oxygen atoms in total. The minimum absolute atomic E-state index is 0.160. The van der Waals surface area contributed by atoms with Crippen molar-refractivity contribution < 1.29 is 13.2 Å². The second-order valence-corrected chi connectivity index (χ2v) is 8.04. The maximum absolute atomic E-state index is 13.0. The zero-order chi connectivity index (χ0) is 17.5. The molecule has 0 amide bonds. The highest BCUT2D eigenvalue weighted by atomic mass is 32.2. The van der Waals surface area contributed by atoms with E-state index in [0.29, 0.717) is 10.5 Å². The van der Waals surface area contributed by atoms with E-state index in [0.717, 1.165) is 35.3 Å². The third-order valence-corrected chi connectivity index (χ3v) is 6.66. The maximum atomic E-state index is 13.0. The Morgan fingerprint density at radius 3 is 2.54 bits per heavy atom. The number of ether oxygens (including phenoxy) is 1. The summed E-state index contributed by atoms with van der Waals surface area (Å²) >= 11 is 0. The smallest absolute Gasteiger partial charge is 0.241 e. The van der Waals surface area contributed by atoms with Crippen LogP contribution in [0.5, 0.6) is 5.75 Å². The molecule has 24 heavy (non-hydrogen) atoms. The van der Waals surface area contributed by atoms with Crippen LogP contribution in [0.25, 0.3) is 0 Å². The molecular formula is C19H23NO3S. The number of hydrogen-bond donors (Lipinski definition) is 1. The van der Waals surface area contributed by atoms with E-state index in [4.69, 9.17) is 4.74 Å². The van der Waals surface area contributed by atoms with Gasteiger partial charge in [-0.1, -0.05) is 24.3 Å². The summed E-state index contributed by atoms with van der Waals surface area (Å²) in [5.74, 6) is 0.718. The number of fused-ring (bicyclic) bond motifs is 1. The summed E-state index contributed by atoms with van der Waals surface area (Å²) in [6.45, 7) is 5.53. The lowest BCUT2D eigenvalue weighted by Crippen LogP contribution is -2.28. The summed E-state index contributed by atoms with van der Waals surface area (Å²) in [5.41, 5.74) is 4.61. The van der Waals surface area contributed by atoms with Gasteiger partial charge in [0, 0.05) is 6.04 Å². The van der Waals surface area contributed by atoms with Gasteiger partial charge in [-0.05, 0) is 67.5 Å². The predicted octanol–water partition coefficient (Wildman–Crippen LogP) is 3.59. The zero-order valence-electron chi connectivity index (χ0n) is 14.5. The maximum Gasteiger partial charge on any atom is 0.241 e. The van der Waals surface area contributed by atoms with E-state index in [2.05, 4.69) is 10.8 Å². The Balaban J connectivity index is 2.00. The first-order valence-corrected chi connectivity index (χ1v) is 9.58. The van der Waals surface area contributed by atoms with Crippen molar-refractivity contribution >= 4 is 10.0 Å². The monoisotopic (exact) mass is 345 g/mol.